The first kappa shape index (κ1) is 14.3. The second kappa shape index (κ2) is 6.37. The Hall–Kier alpha value is -1.10. The largest absolute Gasteiger partial charge is 0.358 e. The van der Waals surface area contributed by atoms with Gasteiger partial charge >= 0.3 is 0 Å². The van der Waals surface area contributed by atoms with Crippen LogP contribution >= 0.6 is 0 Å². The van der Waals surface area contributed by atoms with Crippen molar-refractivity contribution in [2.75, 3.05) is 26.7 Å². The summed E-state index contributed by atoms with van der Waals surface area (Å²) in [6.07, 6.45) is 5.00. The van der Waals surface area contributed by atoms with Crippen molar-refractivity contribution in [2.24, 2.45) is 0 Å². The molecule has 0 bridgehead atoms. The van der Waals surface area contributed by atoms with Crippen LogP contribution in [0, 0.1) is 0 Å². The highest BCUT2D eigenvalue weighted by atomic mass is 16.2. The standard InChI is InChI=1S/C14H25N3O2/c1-3-14(19)17-9-5-7-12(17)11-6-4-8-16(11)10-13(18)15-2/h11-12H,3-10H2,1-2H3,(H,15,18)/t11-,12+/m1/s1. The third-order valence-electron chi connectivity index (χ3n) is 4.41. The van der Waals surface area contributed by atoms with Crippen molar-refractivity contribution in [3.63, 3.8) is 0 Å². The first-order chi connectivity index (χ1) is 9.17. The normalized spacial score (nSPS) is 27.8. The third kappa shape index (κ3) is 3.08. The molecule has 0 saturated carbocycles. The van der Waals surface area contributed by atoms with Gasteiger partial charge in [-0.3, -0.25) is 14.5 Å². The number of likely N-dealkylation sites (tertiary alicyclic amines) is 2. The van der Waals surface area contributed by atoms with Gasteiger partial charge in [0.05, 0.1) is 6.54 Å². The van der Waals surface area contributed by atoms with E-state index in [4.69, 9.17) is 0 Å². The molecule has 1 N–H and O–H groups in total. The molecule has 0 aromatic rings. The van der Waals surface area contributed by atoms with Gasteiger partial charge in [0, 0.05) is 32.1 Å². The van der Waals surface area contributed by atoms with Gasteiger partial charge in [0.15, 0.2) is 0 Å². The quantitative estimate of drug-likeness (QED) is 0.811. The lowest BCUT2D eigenvalue weighted by Gasteiger charge is -2.34. The van der Waals surface area contributed by atoms with Crippen LogP contribution in [0.2, 0.25) is 0 Å². The number of nitrogens with zero attached hydrogens (tertiary/aromatic N) is 2. The zero-order valence-corrected chi connectivity index (χ0v) is 12.0. The van der Waals surface area contributed by atoms with E-state index >= 15 is 0 Å². The van der Waals surface area contributed by atoms with Crippen LogP contribution in [0.3, 0.4) is 0 Å². The summed E-state index contributed by atoms with van der Waals surface area (Å²) in [6, 6.07) is 0.690. The highest BCUT2D eigenvalue weighted by Gasteiger charge is 2.39. The number of nitrogens with one attached hydrogen (secondary N) is 1. The summed E-state index contributed by atoms with van der Waals surface area (Å²) in [6.45, 7) is 4.25. The van der Waals surface area contributed by atoms with E-state index in [1.54, 1.807) is 7.05 Å². The molecule has 2 fully saturated rings. The van der Waals surface area contributed by atoms with Gasteiger partial charge in [-0.2, -0.15) is 0 Å². The minimum atomic E-state index is 0.0678. The Morgan fingerprint density at radius 3 is 2.53 bits per heavy atom. The van der Waals surface area contributed by atoms with Crippen LogP contribution < -0.4 is 5.32 Å². The summed E-state index contributed by atoms with van der Waals surface area (Å²) < 4.78 is 0. The molecule has 108 valence electrons. The van der Waals surface area contributed by atoms with E-state index < -0.39 is 0 Å². The van der Waals surface area contributed by atoms with Crippen LogP contribution in [0.4, 0.5) is 0 Å². The fraction of sp³-hybridized carbons (Fsp3) is 0.857. The second-order valence-electron chi connectivity index (χ2n) is 5.50. The zero-order chi connectivity index (χ0) is 13.8. The smallest absolute Gasteiger partial charge is 0.233 e. The molecule has 0 unspecified atom stereocenters. The molecule has 0 aromatic carbocycles. The van der Waals surface area contributed by atoms with Crippen molar-refractivity contribution in [1.29, 1.82) is 0 Å². The zero-order valence-electron chi connectivity index (χ0n) is 12.0. The van der Waals surface area contributed by atoms with Gasteiger partial charge in [-0.1, -0.05) is 6.92 Å². The third-order valence-corrected chi connectivity index (χ3v) is 4.41. The number of carbonyl (C=O) groups is 2. The van der Waals surface area contributed by atoms with Gasteiger partial charge in [-0.25, -0.2) is 0 Å². The molecule has 2 aliphatic rings. The van der Waals surface area contributed by atoms with Gasteiger partial charge in [-0.15, -0.1) is 0 Å². The number of carbonyl (C=O) groups excluding carboxylic acids is 2. The minimum Gasteiger partial charge on any atom is -0.358 e. The molecule has 19 heavy (non-hydrogen) atoms. The van der Waals surface area contributed by atoms with Crippen LogP contribution in [0.15, 0.2) is 0 Å². The average molecular weight is 267 g/mol. The summed E-state index contributed by atoms with van der Waals surface area (Å²) in [5, 5.41) is 2.69. The summed E-state index contributed by atoms with van der Waals surface area (Å²) in [5.41, 5.74) is 0. The Morgan fingerprint density at radius 2 is 1.84 bits per heavy atom. The lowest BCUT2D eigenvalue weighted by molar-refractivity contribution is -0.132. The topological polar surface area (TPSA) is 52.7 Å². The summed E-state index contributed by atoms with van der Waals surface area (Å²) in [7, 11) is 1.68. The second-order valence-corrected chi connectivity index (χ2v) is 5.50. The minimum absolute atomic E-state index is 0.0678. The maximum atomic E-state index is 12.0. The van der Waals surface area contributed by atoms with Gasteiger partial charge in [0.2, 0.25) is 11.8 Å². The van der Waals surface area contributed by atoms with Crippen molar-refractivity contribution >= 4 is 11.8 Å². The van der Waals surface area contributed by atoms with E-state index in [1.165, 1.54) is 0 Å². The maximum Gasteiger partial charge on any atom is 0.233 e. The van der Waals surface area contributed by atoms with Crippen molar-refractivity contribution in [3.05, 3.63) is 0 Å². The van der Waals surface area contributed by atoms with Crippen molar-refractivity contribution < 1.29 is 9.59 Å². The fourth-order valence-corrected chi connectivity index (χ4v) is 3.45. The van der Waals surface area contributed by atoms with E-state index in [0.29, 0.717) is 25.0 Å². The molecule has 2 rings (SSSR count). The van der Waals surface area contributed by atoms with Gasteiger partial charge in [-0.05, 0) is 32.2 Å². The Labute approximate surface area is 115 Å². The summed E-state index contributed by atoms with van der Waals surface area (Å²) in [5.74, 6) is 0.326. The molecular formula is C14H25N3O2. The molecule has 2 saturated heterocycles. The molecule has 0 spiro atoms. The van der Waals surface area contributed by atoms with Crippen LogP contribution in [0.1, 0.15) is 39.0 Å². The SMILES string of the molecule is CCC(=O)N1CCC[C@H]1[C@H]1CCCN1CC(=O)NC. The predicted molar refractivity (Wildman–Crippen MR) is 73.7 cm³/mol. The van der Waals surface area contributed by atoms with E-state index in [2.05, 4.69) is 10.2 Å². The van der Waals surface area contributed by atoms with E-state index in [-0.39, 0.29) is 11.8 Å². The van der Waals surface area contributed by atoms with Crippen LogP contribution in [0.25, 0.3) is 0 Å². The molecule has 5 nitrogen and oxygen atoms in total. The Morgan fingerprint density at radius 1 is 1.16 bits per heavy atom. The highest BCUT2D eigenvalue weighted by molar-refractivity contribution is 5.78. The Bertz CT molecular complexity index is 346. The van der Waals surface area contributed by atoms with E-state index in [9.17, 15) is 9.59 Å². The number of rotatable bonds is 4. The monoisotopic (exact) mass is 267 g/mol. The first-order valence-corrected chi connectivity index (χ1v) is 7.41. The number of likely N-dealkylation sites (N-methyl/N-ethyl adjacent to an activating group) is 1. The molecular weight excluding hydrogens is 242 g/mol. The lowest BCUT2D eigenvalue weighted by atomic mass is 10.0. The first-order valence-electron chi connectivity index (χ1n) is 7.41. The highest BCUT2D eigenvalue weighted by Crippen LogP contribution is 2.30. The summed E-state index contributed by atoms with van der Waals surface area (Å²) in [4.78, 5) is 27.9. The van der Waals surface area contributed by atoms with Crippen molar-refractivity contribution in [3.8, 4) is 0 Å². The Kier molecular flexibility index (Phi) is 4.80. The molecule has 2 aliphatic heterocycles. The van der Waals surface area contributed by atoms with Gasteiger partial charge in [0.1, 0.15) is 0 Å². The molecule has 0 aromatic heterocycles. The van der Waals surface area contributed by atoms with Crippen molar-refractivity contribution in [2.45, 2.75) is 51.1 Å². The van der Waals surface area contributed by atoms with E-state index in [0.717, 1.165) is 38.8 Å². The van der Waals surface area contributed by atoms with Crippen LogP contribution in [-0.4, -0.2) is 60.4 Å². The molecule has 0 radical (unpaired) electrons. The predicted octanol–water partition coefficient (Wildman–Crippen LogP) is 0.598. The molecule has 2 heterocycles. The maximum absolute atomic E-state index is 12.0. The lowest BCUT2D eigenvalue weighted by Crippen LogP contribution is -2.50. The molecule has 0 aliphatic carbocycles. The van der Waals surface area contributed by atoms with Crippen LogP contribution in [-0.2, 0) is 9.59 Å². The number of hydrogen-bond donors (Lipinski definition) is 1. The fourth-order valence-electron chi connectivity index (χ4n) is 3.45. The van der Waals surface area contributed by atoms with Crippen molar-refractivity contribution in [1.82, 2.24) is 15.1 Å². The average Bonchev–Trinajstić information content (AvgIpc) is 3.05. The summed E-state index contributed by atoms with van der Waals surface area (Å²) >= 11 is 0. The van der Waals surface area contributed by atoms with E-state index in [1.807, 2.05) is 11.8 Å². The molecule has 2 amide bonds. The van der Waals surface area contributed by atoms with Gasteiger partial charge in [0.25, 0.3) is 0 Å². The number of hydrogen-bond acceptors (Lipinski definition) is 3. The van der Waals surface area contributed by atoms with Gasteiger partial charge < -0.3 is 10.2 Å². The van der Waals surface area contributed by atoms with Crippen LogP contribution in [0.5, 0.6) is 0 Å². The molecule has 5 heteroatoms. The number of amides is 2. The molecule has 2 atom stereocenters. The Balaban J connectivity index is 2.02.